The second kappa shape index (κ2) is 8.36. The van der Waals surface area contributed by atoms with E-state index in [1.165, 1.54) is 44.1 Å². The minimum Gasteiger partial charge on any atom is -0.308 e. The summed E-state index contributed by atoms with van der Waals surface area (Å²) in [6, 6.07) is 0. The summed E-state index contributed by atoms with van der Waals surface area (Å²) in [7, 11) is 0. The maximum atomic E-state index is 4.43. The molecule has 0 saturated heterocycles. The van der Waals surface area contributed by atoms with Crippen LogP contribution in [0.3, 0.4) is 0 Å². The van der Waals surface area contributed by atoms with Gasteiger partial charge in [-0.3, -0.25) is 4.68 Å². The Hall–Kier alpha value is -0.830. The minimum atomic E-state index is 0.168. The van der Waals surface area contributed by atoms with Crippen molar-refractivity contribution in [3.63, 3.8) is 0 Å². The highest BCUT2D eigenvalue weighted by atomic mass is 15.3. The topological polar surface area (TPSA) is 29.9 Å². The molecule has 1 aromatic rings. The Morgan fingerprint density at radius 2 is 1.79 bits per heavy atom. The number of unbranched alkanes of at least 4 members (excludes halogenated alkanes) is 5. The van der Waals surface area contributed by atoms with E-state index in [4.69, 9.17) is 0 Å². The smallest absolute Gasteiger partial charge is 0.0534 e. The summed E-state index contributed by atoms with van der Waals surface area (Å²) in [4.78, 5) is 0. The van der Waals surface area contributed by atoms with E-state index in [0.29, 0.717) is 0 Å². The zero-order valence-electron chi connectivity index (χ0n) is 13.2. The van der Waals surface area contributed by atoms with Crippen LogP contribution < -0.4 is 5.32 Å². The second-order valence-electron chi connectivity index (χ2n) is 6.48. The average Bonchev–Trinajstić information content (AvgIpc) is 2.78. The molecule has 0 atom stereocenters. The Morgan fingerprint density at radius 1 is 1.11 bits per heavy atom. The van der Waals surface area contributed by atoms with Gasteiger partial charge in [0.1, 0.15) is 0 Å². The van der Waals surface area contributed by atoms with Crippen molar-refractivity contribution in [2.45, 2.75) is 84.8 Å². The zero-order valence-corrected chi connectivity index (χ0v) is 13.2. The van der Waals surface area contributed by atoms with Crippen molar-refractivity contribution >= 4 is 0 Å². The molecule has 0 aliphatic heterocycles. The summed E-state index contributed by atoms with van der Waals surface area (Å²) in [6.45, 7) is 10.8. The van der Waals surface area contributed by atoms with Crippen molar-refractivity contribution < 1.29 is 0 Å². The summed E-state index contributed by atoms with van der Waals surface area (Å²) >= 11 is 0. The number of nitrogens with zero attached hydrogens (tertiary/aromatic N) is 2. The van der Waals surface area contributed by atoms with Crippen molar-refractivity contribution in [1.29, 1.82) is 0 Å². The van der Waals surface area contributed by atoms with Crippen molar-refractivity contribution in [2.75, 3.05) is 0 Å². The summed E-state index contributed by atoms with van der Waals surface area (Å²) in [5.74, 6) is 0. The van der Waals surface area contributed by atoms with Gasteiger partial charge in [-0.15, -0.1) is 0 Å². The Labute approximate surface area is 118 Å². The minimum absolute atomic E-state index is 0.168. The van der Waals surface area contributed by atoms with Crippen LogP contribution in [0.4, 0.5) is 0 Å². The van der Waals surface area contributed by atoms with Gasteiger partial charge in [-0.1, -0.05) is 39.0 Å². The van der Waals surface area contributed by atoms with Crippen molar-refractivity contribution in [1.82, 2.24) is 15.1 Å². The van der Waals surface area contributed by atoms with Gasteiger partial charge in [0.05, 0.1) is 6.20 Å². The Bertz CT molecular complexity index is 336. The third-order valence-corrected chi connectivity index (χ3v) is 3.25. The van der Waals surface area contributed by atoms with Gasteiger partial charge in [0.2, 0.25) is 0 Å². The molecule has 19 heavy (non-hydrogen) atoms. The SMILES string of the molecule is CCCCCCCCn1cc(CNC(C)(C)C)cn1. The van der Waals surface area contributed by atoms with Crippen LogP contribution in [0.5, 0.6) is 0 Å². The average molecular weight is 265 g/mol. The third kappa shape index (κ3) is 8.04. The van der Waals surface area contributed by atoms with Gasteiger partial charge < -0.3 is 5.32 Å². The molecule has 0 spiro atoms. The molecular formula is C16H31N3. The lowest BCUT2D eigenvalue weighted by Crippen LogP contribution is -2.34. The highest BCUT2D eigenvalue weighted by molar-refractivity contribution is 5.03. The van der Waals surface area contributed by atoms with Gasteiger partial charge in [-0.2, -0.15) is 5.10 Å². The number of hydrogen-bond acceptors (Lipinski definition) is 2. The fraction of sp³-hybridized carbons (Fsp3) is 0.812. The summed E-state index contributed by atoms with van der Waals surface area (Å²) in [5, 5.41) is 7.92. The van der Waals surface area contributed by atoms with Crippen LogP contribution in [0.1, 0.15) is 71.8 Å². The second-order valence-corrected chi connectivity index (χ2v) is 6.48. The van der Waals surface area contributed by atoms with Crippen LogP contribution in [0.2, 0.25) is 0 Å². The van der Waals surface area contributed by atoms with Gasteiger partial charge in [-0.25, -0.2) is 0 Å². The molecule has 110 valence electrons. The molecule has 3 heteroatoms. The van der Waals surface area contributed by atoms with Gasteiger partial charge in [0.15, 0.2) is 0 Å². The largest absolute Gasteiger partial charge is 0.308 e. The van der Waals surface area contributed by atoms with Gasteiger partial charge >= 0.3 is 0 Å². The molecule has 1 heterocycles. The number of hydrogen-bond donors (Lipinski definition) is 1. The molecule has 0 fully saturated rings. The molecule has 0 aliphatic rings. The molecule has 0 amide bonds. The number of rotatable bonds is 9. The predicted octanol–water partition coefficient (Wildman–Crippen LogP) is 4.13. The molecule has 0 aromatic carbocycles. The first-order valence-corrected chi connectivity index (χ1v) is 7.77. The Kier molecular flexibility index (Phi) is 7.14. The van der Waals surface area contributed by atoms with E-state index >= 15 is 0 Å². The van der Waals surface area contributed by atoms with Crippen LogP contribution in [0.15, 0.2) is 12.4 Å². The van der Waals surface area contributed by atoms with Crippen LogP contribution in [0.25, 0.3) is 0 Å². The van der Waals surface area contributed by atoms with Gasteiger partial charge in [-0.05, 0) is 27.2 Å². The highest BCUT2D eigenvalue weighted by Gasteiger charge is 2.09. The lowest BCUT2D eigenvalue weighted by atomic mass is 10.1. The Morgan fingerprint density at radius 3 is 2.47 bits per heavy atom. The molecule has 1 aromatic heterocycles. The first-order chi connectivity index (χ1) is 9.01. The van der Waals surface area contributed by atoms with Gasteiger partial charge in [0, 0.05) is 30.4 Å². The molecule has 0 radical (unpaired) electrons. The zero-order chi connectivity index (χ0) is 14.1. The van der Waals surface area contributed by atoms with E-state index in [2.05, 4.69) is 49.0 Å². The number of nitrogens with one attached hydrogen (secondary N) is 1. The van der Waals surface area contributed by atoms with Crippen LogP contribution in [0, 0.1) is 0 Å². The Balaban J connectivity index is 2.16. The summed E-state index contributed by atoms with van der Waals surface area (Å²) < 4.78 is 2.08. The monoisotopic (exact) mass is 265 g/mol. The van der Waals surface area contributed by atoms with Crippen molar-refractivity contribution in [3.8, 4) is 0 Å². The van der Waals surface area contributed by atoms with Crippen LogP contribution >= 0.6 is 0 Å². The van der Waals surface area contributed by atoms with E-state index in [-0.39, 0.29) is 5.54 Å². The quantitative estimate of drug-likeness (QED) is 0.680. The molecule has 1 N–H and O–H groups in total. The highest BCUT2D eigenvalue weighted by Crippen LogP contribution is 2.07. The normalized spacial score (nSPS) is 12.0. The van der Waals surface area contributed by atoms with Crippen molar-refractivity contribution in [3.05, 3.63) is 18.0 Å². The third-order valence-electron chi connectivity index (χ3n) is 3.25. The first-order valence-electron chi connectivity index (χ1n) is 7.77. The van der Waals surface area contributed by atoms with E-state index in [1.54, 1.807) is 0 Å². The fourth-order valence-electron chi connectivity index (χ4n) is 2.04. The number of aromatic nitrogens is 2. The molecule has 0 aliphatic carbocycles. The van der Waals surface area contributed by atoms with E-state index in [1.807, 2.05) is 6.20 Å². The molecule has 0 saturated carbocycles. The molecular weight excluding hydrogens is 234 g/mol. The summed E-state index contributed by atoms with van der Waals surface area (Å²) in [6.07, 6.45) is 12.2. The first kappa shape index (κ1) is 16.2. The van der Waals surface area contributed by atoms with Gasteiger partial charge in [0.25, 0.3) is 0 Å². The van der Waals surface area contributed by atoms with E-state index in [0.717, 1.165) is 13.1 Å². The van der Waals surface area contributed by atoms with Crippen LogP contribution in [-0.4, -0.2) is 15.3 Å². The standard InChI is InChI=1S/C16H31N3/c1-5-6-7-8-9-10-11-19-14-15(13-18-19)12-17-16(2,3)4/h13-14,17H,5-12H2,1-4H3. The van der Waals surface area contributed by atoms with Crippen molar-refractivity contribution in [2.24, 2.45) is 0 Å². The maximum absolute atomic E-state index is 4.43. The molecule has 1 rings (SSSR count). The summed E-state index contributed by atoms with van der Waals surface area (Å²) in [5.41, 5.74) is 1.45. The molecule has 3 nitrogen and oxygen atoms in total. The fourth-order valence-corrected chi connectivity index (χ4v) is 2.04. The van der Waals surface area contributed by atoms with E-state index in [9.17, 15) is 0 Å². The van der Waals surface area contributed by atoms with Crippen LogP contribution in [-0.2, 0) is 13.1 Å². The molecule has 0 bridgehead atoms. The maximum Gasteiger partial charge on any atom is 0.0534 e. The predicted molar refractivity (Wildman–Crippen MR) is 82.2 cm³/mol. The molecule has 0 unspecified atom stereocenters. The van der Waals surface area contributed by atoms with E-state index < -0.39 is 0 Å². The lowest BCUT2D eigenvalue weighted by Gasteiger charge is -2.19. The lowest BCUT2D eigenvalue weighted by molar-refractivity contribution is 0.424. The number of aryl methyl sites for hydroxylation is 1.